The van der Waals surface area contributed by atoms with Gasteiger partial charge in [0.1, 0.15) is 0 Å². The van der Waals surface area contributed by atoms with Crippen LogP contribution in [0, 0.1) is 0 Å². The van der Waals surface area contributed by atoms with Gasteiger partial charge in [0.05, 0.1) is 6.42 Å². The number of halogens is 6. The van der Waals surface area contributed by atoms with Crippen molar-refractivity contribution in [2.24, 2.45) is 0 Å². The van der Waals surface area contributed by atoms with Crippen molar-refractivity contribution in [2.45, 2.75) is 36.0 Å². The van der Waals surface area contributed by atoms with Crippen molar-refractivity contribution in [2.75, 3.05) is 0 Å². The molecule has 0 spiro atoms. The zero-order valence-corrected chi connectivity index (χ0v) is 9.95. The number of hydrogen-bond donors (Lipinski definition) is 0. The number of esters is 1. The lowest BCUT2D eigenvalue weighted by atomic mass is 10.1. The Morgan fingerprint density at radius 3 is 1.93 bits per heavy atom. The highest BCUT2D eigenvalue weighted by atomic mass is 127. The lowest BCUT2D eigenvalue weighted by Gasteiger charge is -2.28. The Kier molecular flexibility index (Phi) is 4.34. The summed E-state index contributed by atoms with van der Waals surface area (Å²) in [6, 6.07) is 0. The van der Waals surface area contributed by atoms with Gasteiger partial charge in [0.15, 0.2) is 3.61 Å². The van der Waals surface area contributed by atoms with Crippen LogP contribution in [0.5, 0.6) is 0 Å². The standard InChI is InChI=1S/C7H8F5IO2/c1-4(14)15-5(2,13)3-6(8,9)7(10,11)12/h3H2,1-2H3. The maximum absolute atomic E-state index is 12.6. The molecule has 0 rings (SSSR count). The molecule has 90 valence electrons. The molecular formula is C7H8F5IO2. The lowest BCUT2D eigenvalue weighted by Crippen LogP contribution is -2.42. The molecule has 0 bridgehead atoms. The van der Waals surface area contributed by atoms with E-state index < -0.39 is 28.1 Å². The molecule has 0 aromatic heterocycles. The van der Waals surface area contributed by atoms with Gasteiger partial charge in [0.25, 0.3) is 0 Å². The van der Waals surface area contributed by atoms with Crippen LogP contribution < -0.4 is 0 Å². The first-order chi connectivity index (χ1) is 6.37. The van der Waals surface area contributed by atoms with E-state index in [-0.39, 0.29) is 0 Å². The van der Waals surface area contributed by atoms with Crippen molar-refractivity contribution in [3.05, 3.63) is 0 Å². The minimum atomic E-state index is -5.64. The number of ether oxygens (including phenoxy) is 1. The minimum Gasteiger partial charge on any atom is -0.449 e. The third-order valence-corrected chi connectivity index (χ3v) is 1.91. The second-order valence-electron chi connectivity index (χ2n) is 3.07. The molecule has 0 aliphatic carbocycles. The average Bonchev–Trinajstić information content (AvgIpc) is 1.75. The van der Waals surface area contributed by atoms with Gasteiger partial charge in [-0.3, -0.25) is 4.79 Å². The molecule has 0 heterocycles. The monoisotopic (exact) mass is 346 g/mol. The van der Waals surface area contributed by atoms with Gasteiger partial charge in [-0.1, -0.05) is 0 Å². The molecule has 15 heavy (non-hydrogen) atoms. The first-order valence-electron chi connectivity index (χ1n) is 3.70. The first kappa shape index (κ1) is 14.8. The average molecular weight is 346 g/mol. The molecule has 0 aliphatic heterocycles. The second kappa shape index (κ2) is 4.38. The van der Waals surface area contributed by atoms with Gasteiger partial charge in [-0.25, -0.2) is 0 Å². The van der Waals surface area contributed by atoms with Gasteiger partial charge in [0, 0.05) is 6.92 Å². The van der Waals surface area contributed by atoms with Gasteiger partial charge in [-0.2, -0.15) is 22.0 Å². The Labute approximate surface area is 96.3 Å². The summed E-state index contributed by atoms with van der Waals surface area (Å²) in [5.41, 5.74) is 0. The van der Waals surface area contributed by atoms with Gasteiger partial charge >= 0.3 is 18.1 Å². The van der Waals surface area contributed by atoms with Gasteiger partial charge in [-0.15, -0.1) is 0 Å². The SMILES string of the molecule is CC(=O)OC(C)(I)CC(F)(F)C(F)(F)F. The molecule has 8 heteroatoms. The van der Waals surface area contributed by atoms with E-state index in [9.17, 15) is 26.7 Å². The van der Waals surface area contributed by atoms with Crippen LogP contribution in [-0.2, 0) is 9.53 Å². The molecule has 0 amide bonds. The molecule has 0 fully saturated rings. The van der Waals surface area contributed by atoms with E-state index in [4.69, 9.17) is 0 Å². The molecule has 0 saturated heterocycles. The number of carbonyl (C=O) groups excluding carboxylic acids is 1. The molecule has 1 unspecified atom stereocenters. The fourth-order valence-electron chi connectivity index (χ4n) is 0.833. The van der Waals surface area contributed by atoms with Crippen molar-refractivity contribution >= 4 is 28.6 Å². The van der Waals surface area contributed by atoms with E-state index in [0.717, 1.165) is 13.8 Å². The van der Waals surface area contributed by atoms with E-state index in [0.29, 0.717) is 0 Å². The number of carbonyl (C=O) groups is 1. The van der Waals surface area contributed by atoms with Crippen LogP contribution in [0.4, 0.5) is 22.0 Å². The van der Waals surface area contributed by atoms with Crippen LogP contribution in [0.25, 0.3) is 0 Å². The second-order valence-corrected chi connectivity index (χ2v) is 5.36. The van der Waals surface area contributed by atoms with E-state index in [1.54, 1.807) is 0 Å². The molecule has 0 aliphatic rings. The highest BCUT2D eigenvalue weighted by molar-refractivity contribution is 14.1. The number of hydrogen-bond acceptors (Lipinski definition) is 2. The van der Waals surface area contributed by atoms with Crippen molar-refractivity contribution in [1.29, 1.82) is 0 Å². The van der Waals surface area contributed by atoms with Crippen molar-refractivity contribution < 1.29 is 31.5 Å². The molecule has 1 atom stereocenters. The highest BCUT2D eigenvalue weighted by Crippen LogP contribution is 2.43. The van der Waals surface area contributed by atoms with Crippen molar-refractivity contribution in [3.8, 4) is 0 Å². The summed E-state index contributed by atoms with van der Waals surface area (Å²) in [4.78, 5) is 10.4. The molecule has 0 aromatic rings. The van der Waals surface area contributed by atoms with Crippen LogP contribution in [-0.4, -0.2) is 21.7 Å². The molecule has 0 saturated carbocycles. The highest BCUT2D eigenvalue weighted by Gasteiger charge is 2.60. The predicted octanol–water partition coefficient (Wildman–Crippen LogP) is 3.29. The normalized spacial score (nSPS) is 17.1. The maximum atomic E-state index is 12.6. The number of rotatable bonds is 3. The van der Waals surface area contributed by atoms with Crippen LogP contribution in [0.15, 0.2) is 0 Å². The van der Waals surface area contributed by atoms with Gasteiger partial charge < -0.3 is 4.74 Å². The third-order valence-electron chi connectivity index (χ3n) is 1.31. The molecule has 0 aromatic carbocycles. The summed E-state index contributed by atoms with van der Waals surface area (Å²) in [5.74, 6) is -5.79. The quantitative estimate of drug-likeness (QED) is 0.339. The van der Waals surface area contributed by atoms with Crippen LogP contribution in [0.1, 0.15) is 20.3 Å². The summed E-state index contributed by atoms with van der Waals surface area (Å²) in [5, 5.41) is 0. The molecular weight excluding hydrogens is 338 g/mol. The van der Waals surface area contributed by atoms with E-state index in [2.05, 4.69) is 4.74 Å². The summed E-state index contributed by atoms with van der Waals surface area (Å²) in [6.07, 6.45) is -7.25. The van der Waals surface area contributed by atoms with Crippen LogP contribution >= 0.6 is 22.6 Å². The lowest BCUT2D eigenvalue weighted by molar-refractivity contribution is -0.291. The van der Waals surface area contributed by atoms with Gasteiger partial charge in [0.2, 0.25) is 0 Å². The smallest absolute Gasteiger partial charge is 0.449 e. The Morgan fingerprint density at radius 2 is 1.67 bits per heavy atom. The van der Waals surface area contributed by atoms with Crippen molar-refractivity contribution in [1.82, 2.24) is 0 Å². The van der Waals surface area contributed by atoms with Crippen LogP contribution in [0.3, 0.4) is 0 Å². The summed E-state index contributed by atoms with van der Waals surface area (Å²) >= 11 is 1.23. The fourth-order valence-corrected chi connectivity index (χ4v) is 1.62. The largest absolute Gasteiger partial charge is 0.453 e. The van der Waals surface area contributed by atoms with Crippen molar-refractivity contribution in [3.63, 3.8) is 0 Å². The zero-order valence-electron chi connectivity index (χ0n) is 7.79. The molecule has 2 nitrogen and oxygen atoms in total. The van der Waals surface area contributed by atoms with E-state index >= 15 is 0 Å². The Hall–Kier alpha value is -0.150. The third kappa shape index (κ3) is 4.94. The van der Waals surface area contributed by atoms with E-state index in [1.165, 1.54) is 22.6 Å². The summed E-state index contributed by atoms with van der Waals surface area (Å²) < 4.78 is 63.0. The predicted molar refractivity (Wildman–Crippen MR) is 49.8 cm³/mol. The Morgan fingerprint density at radius 1 is 1.27 bits per heavy atom. The zero-order chi connectivity index (χ0) is 12.5. The minimum absolute atomic E-state index is 0.912. The van der Waals surface area contributed by atoms with Crippen LogP contribution in [0.2, 0.25) is 0 Å². The Balaban J connectivity index is 4.64. The topological polar surface area (TPSA) is 26.3 Å². The Bertz CT molecular complexity index is 248. The summed E-state index contributed by atoms with van der Waals surface area (Å²) in [6.45, 7) is 1.91. The van der Waals surface area contributed by atoms with E-state index in [1.807, 2.05) is 0 Å². The fraction of sp³-hybridized carbons (Fsp3) is 0.857. The maximum Gasteiger partial charge on any atom is 0.453 e. The molecule has 0 radical (unpaired) electrons. The number of alkyl halides is 6. The first-order valence-corrected chi connectivity index (χ1v) is 4.78. The van der Waals surface area contributed by atoms with Gasteiger partial charge in [-0.05, 0) is 29.5 Å². The summed E-state index contributed by atoms with van der Waals surface area (Å²) in [7, 11) is 0. The molecule has 0 N–H and O–H groups in total.